The first kappa shape index (κ1) is 12.6. The standard InChI is InChI=1S/C14H22N2O/c1-16(13-7-9-17-10-8-13)14(11-15)12-5-3-2-4-6-12/h2-6,13-14H,7-11,15H2,1H3. The SMILES string of the molecule is CN(C1CCOCC1)C(CN)c1ccccc1. The molecule has 94 valence electrons. The van der Waals surface area contributed by atoms with Crippen LogP contribution in [0.2, 0.25) is 0 Å². The molecular formula is C14H22N2O. The molecule has 2 N–H and O–H groups in total. The van der Waals surface area contributed by atoms with E-state index in [2.05, 4.69) is 36.2 Å². The zero-order valence-electron chi connectivity index (χ0n) is 10.5. The van der Waals surface area contributed by atoms with Gasteiger partial charge < -0.3 is 10.5 Å². The van der Waals surface area contributed by atoms with Crippen molar-refractivity contribution in [1.82, 2.24) is 4.90 Å². The van der Waals surface area contributed by atoms with Gasteiger partial charge in [-0.05, 0) is 25.5 Å². The minimum Gasteiger partial charge on any atom is -0.381 e. The molecule has 0 amide bonds. The summed E-state index contributed by atoms with van der Waals surface area (Å²) in [5.74, 6) is 0. The minimum absolute atomic E-state index is 0.319. The lowest BCUT2D eigenvalue weighted by Gasteiger charge is -2.36. The Morgan fingerprint density at radius 2 is 1.94 bits per heavy atom. The predicted octanol–water partition coefficient (Wildman–Crippen LogP) is 1.80. The number of nitrogens with two attached hydrogens (primary N) is 1. The number of ether oxygens (including phenoxy) is 1. The van der Waals surface area contributed by atoms with Crippen molar-refractivity contribution in [1.29, 1.82) is 0 Å². The van der Waals surface area contributed by atoms with Crippen LogP contribution >= 0.6 is 0 Å². The molecule has 0 saturated carbocycles. The summed E-state index contributed by atoms with van der Waals surface area (Å²) >= 11 is 0. The zero-order valence-corrected chi connectivity index (χ0v) is 10.5. The molecule has 1 aliphatic rings. The number of hydrogen-bond donors (Lipinski definition) is 1. The van der Waals surface area contributed by atoms with Gasteiger partial charge in [-0.1, -0.05) is 30.3 Å². The molecule has 0 aliphatic carbocycles. The van der Waals surface area contributed by atoms with Crippen molar-refractivity contribution in [2.45, 2.75) is 24.9 Å². The van der Waals surface area contributed by atoms with E-state index >= 15 is 0 Å². The molecule has 17 heavy (non-hydrogen) atoms. The Labute approximate surface area is 104 Å². The number of likely N-dealkylation sites (N-methyl/N-ethyl adjacent to an activating group) is 1. The fourth-order valence-electron chi connectivity index (χ4n) is 2.56. The number of hydrogen-bond acceptors (Lipinski definition) is 3. The summed E-state index contributed by atoms with van der Waals surface area (Å²) in [6.45, 7) is 2.42. The van der Waals surface area contributed by atoms with Crippen molar-refractivity contribution in [3.05, 3.63) is 35.9 Å². The van der Waals surface area contributed by atoms with Gasteiger partial charge in [0, 0.05) is 31.8 Å². The molecule has 0 aromatic heterocycles. The topological polar surface area (TPSA) is 38.5 Å². The van der Waals surface area contributed by atoms with Gasteiger partial charge in [0.1, 0.15) is 0 Å². The highest BCUT2D eigenvalue weighted by Gasteiger charge is 2.24. The van der Waals surface area contributed by atoms with Crippen LogP contribution in [0.15, 0.2) is 30.3 Å². The Morgan fingerprint density at radius 1 is 1.29 bits per heavy atom. The molecule has 1 aliphatic heterocycles. The van der Waals surface area contributed by atoms with Crippen molar-refractivity contribution in [3.63, 3.8) is 0 Å². The van der Waals surface area contributed by atoms with Gasteiger partial charge in [-0.25, -0.2) is 0 Å². The largest absolute Gasteiger partial charge is 0.381 e. The van der Waals surface area contributed by atoms with Crippen LogP contribution in [0.25, 0.3) is 0 Å². The van der Waals surface area contributed by atoms with Crippen LogP contribution in [0.5, 0.6) is 0 Å². The van der Waals surface area contributed by atoms with Gasteiger partial charge in [-0.3, -0.25) is 4.90 Å². The summed E-state index contributed by atoms with van der Waals surface area (Å²) in [4.78, 5) is 2.41. The number of rotatable bonds is 4. The maximum Gasteiger partial charge on any atom is 0.0480 e. The Hall–Kier alpha value is -0.900. The molecule has 1 saturated heterocycles. The molecule has 3 nitrogen and oxygen atoms in total. The van der Waals surface area contributed by atoms with Crippen molar-refractivity contribution >= 4 is 0 Å². The molecular weight excluding hydrogens is 212 g/mol. The second-order valence-electron chi connectivity index (χ2n) is 4.67. The predicted molar refractivity (Wildman–Crippen MR) is 69.8 cm³/mol. The summed E-state index contributed by atoms with van der Waals surface area (Å²) in [7, 11) is 2.18. The van der Waals surface area contributed by atoms with E-state index in [1.165, 1.54) is 5.56 Å². The maximum absolute atomic E-state index is 5.94. The molecule has 0 bridgehead atoms. The van der Waals surface area contributed by atoms with Crippen molar-refractivity contribution < 1.29 is 4.74 Å². The molecule has 1 fully saturated rings. The van der Waals surface area contributed by atoms with Crippen LogP contribution in [0.1, 0.15) is 24.4 Å². The molecule has 1 aromatic carbocycles. The van der Waals surface area contributed by atoms with Crippen LogP contribution in [0.4, 0.5) is 0 Å². The van der Waals surface area contributed by atoms with Crippen LogP contribution in [-0.4, -0.2) is 37.7 Å². The fraction of sp³-hybridized carbons (Fsp3) is 0.571. The van der Waals surface area contributed by atoms with E-state index in [9.17, 15) is 0 Å². The number of nitrogens with zero attached hydrogens (tertiary/aromatic N) is 1. The smallest absolute Gasteiger partial charge is 0.0480 e. The average Bonchev–Trinajstić information content (AvgIpc) is 2.42. The van der Waals surface area contributed by atoms with Gasteiger partial charge in [-0.15, -0.1) is 0 Å². The third kappa shape index (κ3) is 3.06. The molecule has 1 atom stereocenters. The summed E-state index contributed by atoms with van der Waals surface area (Å²) in [5.41, 5.74) is 7.25. The highest BCUT2D eigenvalue weighted by Crippen LogP contribution is 2.24. The molecule has 1 heterocycles. The van der Waals surface area contributed by atoms with Crippen LogP contribution in [0.3, 0.4) is 0 Å². The summed E-state index contributed by atoms with van der Waals surface area (Å²) in [6, 6.07) is 11.4. The van der Waals surface area contributed by atoms with E-state index in [1.54, 1.807) is 0 Å². The van der Waals surface area contributed by atoms with Crippen molar-refractivity contribution in [2.24, 2.45) is 5.73 Å². The van der Waals surface area contributed by atoms with Gasteiger partial charge in [-0.2, -0.15) is 0 Å². The molecule has 3 heteroatoms. The Bertz CT molecular complexity index is 322. The first-order valence-electron chi connectivity index (χ1n) is 6.37. The quantitative estimate of drug-likeness (QED) is 0.863. The summed E-state index contributed by atoms with van der Waals surface area (Å²) in [6.07, 6.45) is 2.22. The van der Waals surface area contributed by atoms with Gasteiger partial charge >= 0.3 is 0 Å². The molecule has 1 unspecified atom stereocenters. The highest BCUT2D eigenvalue weighted by molar-refractivity contribution is 5.19. The average molecular weight is 234 g/mol. The van der Waals surface area contributed by atoms with E-state index in [0.29, 0.717) is 18.6 Å². The van der Waals surface area contributed by atoms with Gasteiger partial charge in [0.05, 0.1) is 0 Å². The second kappa shape index (κ2) is 6.15. The number of benzene rings is 1. The Morgan fingerprint density at radius 3 is 2.53 bits per heavy atom. The second-order valence-corrected chi connectivity index (χ2v) is 4.67. The van der Waals surface area contributed by atoms with E-state index in [1.807, 2.05) is 6.07 Å². The third-order valence-electron chi connectivity index (χ3n) is 3.67. The van der Waals surface area contributed by atoms with E-state index < -0.39 is 0 Å². The van der Waals surface area contributed by atoms with E-state index in [0.717, 1.165) is 26.1 Å². The van der Waals surface area contributed by atoms with Crippen molar-refractivity contribution in [2.75, 3.05) is 26.8 Å². The van der Waals surface area contributed by atoms with E-state index in [-0.39, 0.29) is 0 Å². The monoisotopic (exact) mass is 234 g/mol. The lowest BCUT2D eigenvalue weighted by atomic mass is 10.0. The van der Waals surface area contributed by atoms with Crippen molar-refractivity contribution in [3.8, 4) is 0 Å². The van der Waals surface area contributed by atoms with Crippen LogP contribution in [0, 0.1) is 0 Å². The lowest BCUT2D eigenvalue weighted by molar-refractivity contribution is 0.0294. The minimum atomic E-state index is 0.319. The Balaban J connectivity index is 2.07. The van der Waals surface area contributed by atoms with Gasteiger partial charge in [0.15, 0.2) is 0 Å². The first-order valence-corrected chi connectivity index (χ1v) is 6.37. The summed E-state index contributed by atoms with van der Waals surface area (Å²) in [5, 5.41) is 0. The van der Waals surface area contributed by atoms with Gasteiger partial charge in [0.25, 0.3) is 0 Å². The van der Waals surface area contributed by atoms with E-state index in [4.69, 9.17) is 10.5 Å². The maximum atomic E-state index is 5.94. The fourth-order valence-corrected chi connectivity index (χ4v) is 2.56. The van der Waals surface area contributed by atoms with Gasteiger partial charge in [0.2, 0.25) is 0 Å². The molecule has 1 aromatic rings. The molecule has 0 spiro atoms. The zero-order chi connectivity index (χ0) is 12.1. The third-order valence-corrected chi connectivity index (χ3v) is 3.67. The van der Waals surface area contributed by atoms with Crippen LogP contribution < -0.4 is 5.73 Å². The molecule has 0 radical (unpaired) electrons. The lowest BCUT2D eigenvalue weighted by Crippen LogP contribution is -2.41. The highest BCUT2D eigenvalue weighted by atomic mass is 16.5. The van der Waals surface area contributed by atoms with Crippen LogP contribution in [-0.2, 0) is 4.74 Å². The summed E-state index contributed by atoms with van der Waals surface area (Å²) < 4.78 is 5.41. The Kier molecular flexibility index (Phi) is 4.54. The molecule has 2 rings (SSSR count). The normalized spacial score (nSPS) is 19.5. The first-order chi connectivity index (χ1) is 8.33.